The number of hydrogen-bond donors (Lipinski definition) is 0. The number of rotatable bonds is 5. The maximum atomic E-state index is 10.6. The van der Waals surface area contributed by atoms with Crippen LogP contribution in [0.2, 0.25) is 0 Å². The van der Waals surface area contributed by atoms with Gasteiger partial charge in [0.25, 0.3) is 0 Å². The molecule has 0 atom stereocenters. The Balaban J connectivity index is 2.73. The van der Waals surface area contributed by atoms with Gasteiger partial charge >= 0.3 is 0 Å². The summed E-state index contributed by atoms with van der Waals surface area (Å²) in [5.41, 5.74) is 3.58. The van der Waals surface area contributed by atoms with Crippen molar-refractivity contribution in [2.75, 3.05) is 7.11 Å². The lowest BCUT2D eigenvalue weighted by atomic mass is 10.00. The van der Waals surface area contributed by atoms with Crippen LogP contribution in [0.4, 0.5) is 0 Å². The van der Waals surface area contributed by atoms with Crippen molar-refractivity contribution in [3.05, 3.63) is 28.8 Å². The van der Waals surface area contributed by atoms with E-state index < -0.39 is 0 Å². The molecule has 0 fully saturated rings. The molecule has 88 valence electrons. The Kier molecular flexibility index (Phi) is 4.81. The second-order valence-electron chi connectivity index (χ2n) is 3.96. The second-order valence-corrected chi connectivity index (χ2v) is 4.38. The summed E-state index contributed by atoms with van der Waals surface area (Å²) < 4.78 is 5.25. The molecule has 0 N–H and O–H groups in total. The molecule has 1 aromatic rings. The molecule has 0 amide bonds. The molecule has 0 unspecified atom stereocenters. The number of ether oxygens (including phenoxy) is 1. The fraction of sp³-hybridized carbons (Fsp3) is 0.462. The van der Waals surface area contributed by atoms with E-state index in [0.29, 0.717) is 6.42 Å². The molecule has 0 heterocycles. The number of carbonyl (C=O) groups excluding carboxylic acids is 1. The molecule has 0 aromatic heterocycles. The molecule has 2 nitrogen and oxygen atoms in total. The minimum Gasteiger partial charge on any atom is -0.496 e. The van der Waals surface area contributed by atoms with Crippen LogP contribution in [0.15, 0.2) is 12.1 Å². The zero-order valence-corrected chi connectivity index (χ0v) is 10.7. The summed E-state index contributed by atoms with van der Waals surface area (Å²) in [6, 6.07) is 4.15. The lowest BCUT2D eigenvalue weighted by Crippen LogP contribution is -1.96. The van der Waals surface area contributed by atoms with E-state index in [4.69, 9.17) is 16.3 Å². The zero-order valence-electron chi connectivity index (χ0n) is 9.97. The summed E-state index contributed by atoms with van der Waals surface area (Å²) in [6.07, 6.45) is 2.12. The Hall–Kier alpha value is -1.02. The molecule has 0 saturated carbocycles. The van der Waals surface area contributed by atoms with Crippen LogP contribution in [0, 0.1) is 13.8 Å². The fourth-order valence-corrected chi connectivity index (χ4v) is 1.89. The maximum absolute atomic E-state index is 10.6. The summed E-state index contributed by atoms with van der Waals surface area (Å²) in [5, 5.41) is -0.261. The molecule has 0 spiro atoms. The zero-order chi connectivity index (χ0) is 12.1. The SMILES string of the molecule is COc1cc(C)c(CCCC(=O)Cl)cc1C. The molecule has 0 saturated heterocycles. The van der Waals surface area contributed by atoms with Crippen molar-refractivity contribution in [1.29, 1.82) is 0 Å². The smallest absolute Gasteiger partial charge is 0.221 e. The monoisotopic (exact) mass is 240 g/mol. The quantitative estimate of drug-likeness (QED) is 0.738. The highest BCUT2D eigenvalue weighted by Crippen LogP contribution is 2.23. The van der Waals surface area contributed by atoms with Gasteiger partial charge in [0.1, 0.15) is 5.75 Å². The van der Waals surface area contributed by atoms with E-state index in [1.165, 1.54) is 11.1 Å². The molecule has 3 heteroatoms. The second kappa shape index (κ2) is 5.90. The maximum Gasteiger partial charge on any atom is 0.221 e. The average molecular weight is 241 g/mol. The topological polar surface area (TPSA) is 26.3 Å². The van der Waals surface area contributed by atoms with E-state index >= 15 is 0 Å². The number of halogens is 1. The largest absolute Gasteiger partial charge is 0.496 e. The Morgan fingerprint density at radius 3 is 2.56 bits per heavy atom. The van der Waals surface area contributed by atoms with Crippen LogP contribution in [0.3, 0.4) is 0 Å². The van der Waals surface area contributed by atoms with E-state index in [0.717, 1.165) is 24.2 Å². The number of methoxy groups -OCH3 is 1. The van der Waals surface area contributed by atoms with E-state index in [9.17, 15) is 4.79 Å². The van der Waals surface area contributed by atoms with Crippen LogP contribution < -0.4 is 4.74 Å². The van der Waals surface area contributed by atoms with Crippen LogP contribution in [0.1, 0.15) is 29.5 Å². The van der Waals surface area contributed by atoms with Gasteiger partial charge in [-0.3, -0.25) is 4.79 Å². The van der Waals surface area contributed by atoms with Crippen molar-refractivity contribution < 1.29 is 9.53 Å². The van der Waals surface area contributed by atoms with E-state index in [2.05, 4.69) is 13.0 Å². The molecule has 0 aliphatic carbocycles. The Labute approximate surface area is 102 Å². The average Bonchev–Trinajstić information content (AvgIpc) is 2.22. The lowest BCUT2D eigenvalue weighted by Gasteiger charge is -2.10. The molecule has 1 aromatic carbocycles. The molecular weight excluding hydrogens is 224 g/mol. The Morgan fingerprint density at radius 1 is 1.31 bits per heavy atom. The molecule has 16 heavy (non-hydrogen) atoms. The van der Waals surface area contributed by atoms with E-state index in [-0.39, 0.29) is 5.24 Å². The summed E-state index contributed by atoms with van der Waals surface area (Å²) in [5.74, 6) is 0.912. The van der Waals surface area contributed by atoms with Gasteiger partial charge in [-0.25, -0.2) is 0 Å². The van der Waals surface area contributed by atoms with Crippen molar-refractivity contribution in [3.63, 3.8) is 0 Å². The van der Waals surface area contributed by atoms with Crippen molar-refractivity contribution in [2.45, 2.75) is 33.1 Å². The Morgan fingerprint density at radius 2 is 2.00 bits per heavy atom. The third-order valence-corrected chi connectivity index (χ3v) is 2.86. The minimum absolute atomic E-state index is 0.261. The van der Waals surface area contributed by atoms with Gasteiger partial charge in [-0.15, -0.1) is 0 Å². The van der Waals surface area contributed by atoms with Crippen LogP contribution in [-0.4, -0.2) is 12.4 Å². The van der Waals surface area contributed by atoms with Crippen molar-refractivity contribution in [2.24, 2.45) is 0 Å². The van der Waals surface area contributed by atoms with Crippen LogP contribution in [0.25, 0.3) is 0 Å². The van der Waals surface area contributed by atoms with Crippen molar-refractivity contribution >= 4 is 16.8 Å². The van der Waals surface area contributed by atoms with E-state index in [1.54, 1.807) is 7.11 Å². The molecule has 0 aliphatic rings. The highest BCUT2D eigenvalue weighted by atomic mass is 35.5. The standard InChI is InChI=1S/C13H17ClO2/c1-9-8-12(16-3)10(2)7-11(9)5-4-6-13(14)15/h7-8H,4-6H2,1-3H3. The predicted octanol–water partition coefficient (Wildman–Crippen LogP) is 3.40. The Bertz CT molecular complexity index is 386. The normalized spacial score (nSPS) is 10.2. The van der Waals surface area contributed by atoms with Crippen LogP contribution in [-0.2, 0) is 11.2 Å². The van der Waals surface area contributed by atoms with Gasteiger partial charge in [-0.1, -0.05) is 6.07 Å². The lowest BCUT2D eigenvalue weighted by molar-refractivity contribution is -0.111. The van der Waals surface area contributed by atoms with Gasteiger partial charge in [0, 0.05) is 6.42 Å². The molecule has 0 aliphatic heterocycles. The number of aryl methyl sites for hydroxylation is 3. The summed E-state index contributed by atoms with van der Waals surface area (Å²) in [6.45, 7) is 4.08. The first-order chi connectivity index (χ1) is 7.54. The summed E-state index contributed by atoms with van der Waals surface area (Å²) in [7, 11) is 1.67. The van der Waals surface area contributed by atoms with Gasteiger partial charge in [0.2, 0.25) is 5.24 Å². The highest BCUT2D eigenvalue weighted by Gasteiger charge is 2.05. The first kappa shape index (κ1) is 13.0. The highest BCUT2D eigenvalue weighted by molar-refractivity contribution is 6.63. The first-order valence-corrected chi connectivity index (χ1v) is 5.75. The third-order valence-electron chi connectivity index (χ3n) is 2.67. The number of carbonyl (C=O) groups is 1. The van der Waals surface area contributed by atoms with Gasteiger partial charge < -0.3 is 4.74 Å². The molecular formula is C13H17ClO2. The van der Waals surface area contributed by atoms with Gasteiger partial charge in [0.15, 0.2) is 0 Å². The van der Waals surface area contributed by atoms with Gasteiger partial charge in [-0.2, -0.15) is 0 Å². The first-order valence-electron chi connectivity index (χ1n) is 5.37. The predicted molar refractivity (Wildman–Crippen MR) is 66.3 cm³/mol. The van der Waals surface area contributed by atoms with Crippen LogP contribution >= 0.6 is 11.6 Å². The third kappa shape index (κ3) is 3.53. The van der Waals surface area contributed by atoms with Crippen molar-refractivity contribution in [3.8, 4) is 5.75 Å². The van der Waals surface area contributed by atoms with Crippen molar-refractivity contribution in [1.82, 2.24) is 0 Å². The van der Waals surface area contributed by atoms with E-state index in [1.807, 2.05) is 13.0 Å². The molecule has 0 bridgehead atoms. The molecule has 0 radical (unpaired) electrons. The summed E-state index contributed by atoms with van der Waals surface area (Å²) >= 11 is 5.30. The number of benzene rings is 1. The minimum atomic E-state index is -0.261. The number of hydrogen-bond acceptors (Lipinski definition) is 2. The van der Waals surface area contributed by atoms with Gasteiger partial charge in [-0.05, 0) is 61.0 Å². The molecule has 1 rings (SSSR count). The van der Waals surface area contributed by atoms with Crippen LogP contribution in [0.5, 0.6) is 5.75 Å². The fourth-order valence-electron chi connectivity index (χ4n) is 1.76. The van der Waals surface area contributed by atoms with Gasteiger partial charge in [0.05, 0.1) is 7.11 Å². The summed E-state index contributed by atoms with van der Waals surface area (Å²) in [4.78, 5) is 10.6.